The van der Waals surface area contributed by atoms with Crippen molar-refractivity contribution in [3.8, 4) is 22.9 Å². The highest BCUT2D eigenvalue weighted by molar-refractivity contribution is 6.30. The number of halogens is 4. The van der Waals surface area contributed by atoms with Crippen LogP contribution >= 0.6 is 11.6 Å². The number of hydrogen-bond acceptors (Lipinski definition) is 6. The van der Waals surface area contributed by atoms with Gasteiger partial charge >= 0.3 is 12.1 Å². The number of ether oxygens (including phenoxy) is 2. The zero-order chi connectivity index (χ0) is 27.3. The summed E-state index contributed by atoms with van der Waals surface area (Å²) in [6, 6.07) is 6.04. The van der Waals surface area contributed by atoms with Crippen molar-refractivity contribution >= 4 is 23.7 Å². The standard InChI is InChI=1S/C25H23ClF3N3O5/c1-25(2,3)37-24(35)31-15(11-22(33)34)10-20-16(27)5-6-19(32-20)13-4-7-21(17(28)8-13)36-23-18(29)9-14(26)12-30-23/h4-9,12,15H,10-11H2,1-3H3,(H,31,35)(H,33,34). The highest BCUT2D eigenvalue weighted by Crippen LogP contribution is 2.30. The fraction of sp³-hybridized carbons (Fsp3) is 0.280. The Balaban J connectivity index is 1.82. The Kier molecular flexibility index (Phi) is 8.59. The Bertz CT molecular complexity index is 1320. The van der Waals surface area contributed by atoms with Crippen LogP contribution in [0.3, 0.4) is 0 Å². The molecule has 2 N–H and O–H groups in total. The molecule has 1 aromatic carbocycles. The minimum atomic E-state index is -1.22. The topological polar surface area (TPSA) is 111 Å². The van der Waals surface area contributed by atoms with Crippen LogP contribution in [-0.2, 0) is 16.0 Å². The number of carbonyl (C=O) groups excluding carboxylic acids is 1. The molecule has 0 saturated heterocycles. The number of aliphatic carboxylic acids is 1. The molecule has 1 atom stereocenters. The molecule has 0 aliphatic carbocycles. The van der Waals surface area contributed by atoms with Crippen molar-refractivity contribution in [2.24, 2.45) is 0 Å². The molecule has 0 aliphatic heterocycles. The summed E-state index contributed by atoms with van der Waals surface area (Å²) < 4.78 is 53.5. The minimum Gasteiger partial charge on any atom is -0.481 e. The molecular weight excluding hydrogens is 515 g/mol. The van der Waals surface area contributed by atoms with Gasteiger partial charge in [0.2, 0.25) is 0 Å². The number of alkyl carbamates (subject to hydrolysis) is 1. The van der Waals surface area contributed by atoms with E-state index in [1.807, 2.05) is 0 Å². The second kappa shape index (κ2) is 11.5. The fourth-order valence-corrected chi connectivity index (χ4v) is 3.35. The van der Waals surface area contributed by atoms with Gasteiger partial charge in [-0.1, -0.05) is 11.6 Å². The average Bonchev–Trinajstić information content (AvgIpc) is 2.76. The summed E-state index contributed by atoms with van der Waals surface area (Å²) >= 11 is 5.65. The van der Waals surface area contributed by atoms with Crippen LogP contribution in [0, 0.1) is 17.5 Å². The number of carboxylic acids is 1. The van der Waals surface area contributed by atoms with Crippen LogP contribution < -0.4 is 10.1 Å². The van der Waals surface area contributed by atoms with Crippen molar-refractivity contribution in [1.82, 2.24) is 15.3 Å². The lowest BCUT2D eigenvalue weighted by atomic mass is 10.1. The highest BCUT2D eigenvalue weighted by Gasteiger charge is 2.23. The predicted molar refractivity (Wildman–Crippen MR) is 128 cm³/mol. The number of aromatic nitrogens is 2. The summed E-state index contributed by atoms with van der Waals surface area (Å²) in [5, 5.41) is 11.7. The first-order chi connectivity index (χ1) is 17.3. The van der Waals surface area contributed by atoms with Crippen LogP contribution in [-0.4, -0.2) is 38.8 Å². The van der Waals surface area contributed by atoms with E-state index in [-0.39, 0.29) is 34.1 Å². The van der Waals surface area contributed by atoms with Gasteiger partial charge in [0.15, 0.2) is 17.4 Å². The molecule has 2 heterocycles. The van der Waals surface area contributed by atoms with Gasteiger partial charge in [0, 0.05) is 24.2 Å². The monoisotopic (exact) mass is 537 g/mol. The molecule has 2 aromatic heterocycles. The Morgan fingerprint density at radius 3 is 2.43 bits per heavy atom. The Labute approximate surface area is 215 Å². The van der Waals surface area contributed by atoms with Crippen LogP contribution in [0.5, 0.6) is 11.6 Å². The van der Waals surface area contributed by atoms with Gasteiger partial charge in [-0.25, -0.2) is 27.9 Å². The van der Waals surface area contributed by atoms with Crippen molar-refractivity contribution < 1.29 is 37.3 Å². The second-order valence-electron chi connectivity index (χ2n) is 8.96. The number of amides is 1. The van der Waals surface area contributed by atoms with E-state index in [2.05, 4.69) is 15.3 Å². The lowest BCUT2D eigenvalue weighted by Crippen LogP contribution is -2.41. The van der Waals surface area contributed by atoms with Gasteiger partial charge in [-0.15, -0.1) is 0 Å². The number of pyridine rings is 2. The molecular formula is C25H23ClF3N3O5. The summed E-state index contributed by atoms with van der Waals surface area (Å²) in [5.74, 6) is -4.49. The number of carbonyl (C=O) groups is 2. The van der Waals surface area contributed by atoms with E-state index in [0.717, 1.165) is 24.4 Å². The van der Waals surface area contributed by atoms with Crippen LogP contribution in [0.4, 0.5) is 18.0 Å². The van der Waals surface area contributed by atoms with Crippen LogP contribution in [0.1, 0.15) is 32.9 Å². The number of hydrogen-bond donors (Lipinski definition) is 2. The molecule has 3 rings (SSSR count). The number of benzene rings is 1. The molecule has 1 unspecified atom stereocenters. The van der Waals surface area contributed by atoms with Crippen molar-refractivity contribution in [3.05, 3.63) is 70.8 Å². The number of nitrogens with zero attached hydrogens (tertiary/aromatic N) is 2. The second-order valence-corrected chi connectivity index (χ2v) is 9.39. The first kappa shape index (κ1) is 27.7. The SMILES string of the molecule is CC(C)(C)OC(=O)NC(CC(=O)O)Cc1nc(-c2ccc(Oc3ncc(Cl)cc3F)c(F)c2)ccc1F. The Hall–Kier alpha value is -3.86. The smallest absolute Gasteiger partial charge is 0.407 e. The van der Waals surface area contributed by atoms with E-state index in [4.69, 9.17) is 21.1 Å². The van der Waals surface area contributed by atoms with Gasteiger partial charge < -0.3 is 19.9 Å². The number of nitrogens with one attached hydrogen (secondary N) is 1. The van der Waals surface area contributed by atoms with Gasteiger partial charge in [-0.05, 0) is 57.2 Å². The highest BCUT2D eigenvalue weighted by atomic mass is 35.5. The van der Waals surface area contributed by atoms with Gasteiger partial charge in [0.1, 0.15) is 11.4 Å². The molecule has 196 valence electrons. The summed E-state index contributed by atoms with van der Waals surface area (Å²) in [6.07, 6.45) is -0.498. The van der Waals surface area contributed by atoms with Crippen LogP contribution in [0.2, 0.25) is 5.02 Å². The first-order valence-electron chi connectivity index (χ1n) is 11.0. The average molecular weight is 538 g/mol. The van der Waals surface area contributed by atoms with E-state index in [0.29, 0.717) is 0 Å². The third kappa shape index (κ3) is 8.07. The zero-order valence-electron chi connectivity index (χ0n) is 20.0. The molecule has 0 aliphatic rings. The minimum absolute atomic E-state index is 0.0470. The fourth-order valence-electron chi connectivity index (χ4n) is 3.21. The quantitative estimate of drug-likeness (QED) is 0.367. The molecule has 0 spiro atoms. The molecule has 3 aromatic rings. The third-order valence-electron chi connectivity index (χ3n) is 4.71. The van der Waals surface area contributed by atoms with E-state index >= 15 is 0 Å². The maximum absolute atomic E-state index is 14.7. The Morgan fingerprint density at radius 1 is 1.08 bits per heavy atom. The Morgan fingerprint density at radius 2 is 1.81 bits per heavy atom. The maximum Gasteiger partial charge on any atom is 0.407 e. The molecule has 37 heavy (non-hydrogen) atoms. The van der Waals surface area contributed by atoms with Gasteiger partial charge in [-0.3, -0.25) is 4.79 Å². The number of rotatable bonds is 8. The molecule has 12 heteroatoms. The molecule has 0 saturated carbocycles. The van der Waals surface area contributed by atoms with E-state index < -0.39 is 53.5 Å². The maximum atomic E-state index is 14.7. The molecule has 1 amide bonds. The third-order valence-corrected chi connectivity index (χ3v) is 4.92. The van der Waals surface area contributed by atoms with Crippen LogP contribution in [0.15, 0.2) is 42.6 Å². The zero-order valence-corrected chi connectivity index (χ0v) is 20.8. The summed E-state index contributed by atoms with van der Waals surface area (Å²) in [7, 11) is 0. The summed E-state index contributed by atoms with van der Waals surface area (Å²) in [6.45, 7) is 4.92. The summed E-state index contributed by atoms with van der Waals surface area (Å²) in [4.78, 5) is 31.3. The molecule has 0 bridgehead atoms. The first-order valence-corrected chi connectivity index (χ1v) is 11.3. The lowest BCUT2D eigenvalue weighted by Gasteiger charge is -2.23. The van der Waals surface area contributed by atoms with Gasteiger partial charge in [0.25, 0.3) is 5.88 Å². The van der Waals surface area contributed by atoms with Crippen molar-refractivity contribution in [3.63, 3.8) is 0 Å². The largest absolute Gasteiger partial charge is 0.481 e. The molecule has 0 fully saturated rings. The molecule has 8 nitrogen and oxygen atoms in total. The van der Waals surface area contributed by atoms with Gasteiger partial charge in [0.05, 0.1) is 22.8 Å². The van der Waals surface area contributed by atoms with Crippen molar-refractivity contribution in [1.29, 1.82) is 0 Å². The molecule has 0 radical (unpaired) electrons. The van der Waals surface area contributed by atoms with E-state index in [1.54, 1.807) is 20.8 Å². The number of carboxylic acid groups (broad SMARTS) is 1. The predicted octanol–water partition coefficient (Wildman–Crippen LogP) is 5.92. The van der Waals surface area contributed by atoms with Crippen LogP contribution in [0.25, 0.3) is 11.3 Å². The normalized spacial score (nSPS) is 12.1. The van der Waals surface area contributed by atoms with Crippen molar-refractivity contribution in [2.75, 3.05) is 0 Å². The summed E-state index contributed by atoms with van der Waals surface area (Å²) in [5.41, 5.74) is -0.557. The van der Waals surface area contributed by atoms with E-state index in [9.17, 15) is 27.9 Å². The van der Waals surface area contributed by atoms with Crippen molar-refractivity contribution in [2.45, 2.75) is 45.3 Å². The van der Waals surface area contributed by atoms with Gasteiger partial charge in [-0.2, -0.15) is 0 Å². The lowest BCUT2D eigenvalue weighted by molar-refractivity contribution is -0.137. The van der Waals surface area contributed by atoms with E-state index in [1.165, 1.54) is 18.2 Å².